The van der Waals surface area contributed by atoms with Crippen molar-refractivity contribution in [3.8, 4) is 0 Å². The molecule has 0 unspecified atom stereocenters. The van der Waals surface area contributed by atoms with Crippen molar-refractivity contribution in [2.24, 2.45) is 0 Å². The molecule has 0 atom stereocenters. The van der Waals surface area contributed by atoms with Crippen molar-refractivity contribution in [2.75, 3.05) is 14.1 Å². The Balaban J connectivity index is 0.00000225. The summed E-state index contributed by atoms with van der Waals surface area (Å²) < 4.78 is 24.2. The van der Waals surface area contributed by atoms with E-state index in [2.05, 4.69) is 0 Å². The van der Waals surface area contributed by atoms with Gasteiger partial charge in [0.2, 0.25) is 10.0 Å². The smallest absolute Gasteiger partial charge is 0.545 e. The van der Waals surface area contributed by atoms with Gasteiger partial charge >= 0.3 is 18.9 Å². The Morgan fingerprint density at radius 2 is 1.62 bits per heavy atom. The molecule has 0 aliphatic carbocycles. The SMILES string of the molecule is CN(C)S(=O)(=O)c1ccc(C(=O)[O-])cc1.[Li+]. The summed E-state index contributed by atoms with van der Waals surface area (Å²) in [5.74, 6) is -1.33. The van der Waals surface area contributed by atoms with Gasteiger partial charge in [0.05, 0.1) is 10.9 Å². The van der Waals surface area contributed by atoms with Crippen LogP contribution in [0, 0.1) is 0 Å². The number of carbonyl (C=O) groups is 1. The second-order valence-electron chi connectivity index (χ2n) is 3.10. The Labute approximate surface area is 106 Å². The predicted molar refractivity (Wildman–Crippen MR) is 51.6 cm³/mol. The Hall–Kier alpha value is -0.803. The normalized spacial score (nSPS) is 10.9. The molecular weight excluding hydrogens is 225 g/mol. The average Bonchev–Trinajstić information content (AvgIpc) is 2.17. The van der Waals surface area contributed by atoms with Gasteiger partial charge in [0.1, 0.15) is 0 Å². The first-order valence-electron chi connectivity index (χ1n) is 4.09. The van der Waals surface area contributed by atoms with Gasteiger partial charge in [-0.05, 0) is 17.7 Å². The molecule has 0 saturated heterocycles. The topological polar surface area (TPSA) is 77.5 Å². The molecule has 0 aliphatic heterocycles. The number of carboxylic acids is 1. The fraction of sp³-hybridized carbons (Fsp3) is 0.222. The summed E-state index contributed by atoms with van der Waals surface area (Å²) in [5, 5.41) is 10.4. The van der Waals surface area contributed by atoms with Crippen molar-refractivity contribution in [2.45, 2.75) is 4.90 Å². The molecule has 0 aromatic heterocycles. The first kappa shape index (κ1) is 15.2. The standard InChI is InChI=1S/C9H11NO4S.Li/c1-10(2)15(13,14)8-5-3-7(4-6-8)9(11)12;/h3-6H,1-2H3,(H,11,12);/q;+1/p-1. The van der Waals surface area contributed by atoms with Gasteiger partial charge in [-0.15, -0.1) is 0 Å². The van der Waals surface area contributed by atoms with Gasteiger partial charge in [0.15, 0.2) is 0 Å². The van der Waals surface area contributed by atoms with E-state index in [4.69, 9.17) is 0 Å². The summed E-state index contributed by atoms with van der Waals surface area (Å²) in [6.07, 6.45) is 0. The third-order valence-electron chi connectivity index (χ3n) is 1.87. The summed E-state index contributed by atoms with van der Waals surface area (Å²) in [7, 11) is -0.690. The Morgan fingerprint density at radius 3 is 1.94 bits per heavy atom. The van der Waals surface area contributed by atoms with E-state index in [1.165, 1.54) is 38.4 Å². The molecule has 7 heteroatoms. The molecule has 0 spiro atoms. The van der Waals surface area contributed by atoms with E-state index in [1.54, 1.807) is 0 Å². The fourth-order valence-electron chi connectivity index (χ4n) is 0.974. The van der Waals surface area contributed by atoms with Crippen LogP contribution in [-0.4, -0.2) is 32.8 Å². The first-order valence-corrected chi connectivity index (χ1v) is 5.53. The number of carbonyl (C=O) groups excluding carboxylic acids is 1. The Kier molecular flexibility index (Phi) is 5.23. The van der Waals surface area contributed by atoms with Gasteiger partial charge in [-0.2, -0.15) is 0 Å². The zero-order chi connectivity index (χ0) is 11.6. The first-order chi connectivity index (χ1) is 6.85. The van der Waals surface area contributed by atoms with Crippen molar-refractivity contribution in [1.82, 2.24) is 4.31 Å². The molecule has 0 radical (unpaired) electrons. The van der Waals surface area contributed by atoms with Crippen molar-refractivity contribution < 1.29 is 37.2 Å². The number of sulfonamides is 1. The fourth-order valence-corrected chi connectivity index (χ4v) is 1.88. The van der Waals surface area contributed by atoms with Crippen LogP contribution in [0.4, 0.5) is 0 Å². The third kappa shape index (κ3) is 3.09. The molecule has 0 N–H and O–H groups in total. The number of hydrogen-bond acceptors (Lipinski definition) is 4. The maximum atomic E-state index is 11.6. The molecule has 0 saturated carbocycles. The van der Waals surface area contributed by atoms with Crippen LogP contribution in [0.15, 0.2) is 29.2 Å². The van der Waals surface area contributed by atoms with E-state index >= 15 is 0 Å². The zero-order valence-electron chi connectivity index (χ0n) is 9.30. The molecule has 5 nitrogen and oxygen atoms in total. The van der Waals surface area contributed by atoms with Crippen LogP contribution in [-0.2, 0) is 10.0 Å². The molecule has 1 aromatic rings. The number of aromatic carboxylic acids is 1. The van der Waals surface area contributed by atoms with Gasteiger partial charge in [-0.25, -0.2) is 12.7 Å². The molecule has 16 heavy (non-hydrogen) atoms. The van der Waals surface area contributed by atoms with E-state index in [9.17, 15) is 18.3 Å². The van der Waals surface area contributed by atoms with Gasteiger partial charge in [-0.3, -0.25) is 0 Å². The molecular formula is C9H10LiNO4S. The summed E-state index contributed by atoms with van der Waals surface area (Å²) in [5.41, 5.74) is -0.0484. The maximum Gasteiger partial charge on any atom is 1.00 e. The monoisotopic (exact) mass is 235 g/mol. The molecule has 0 amide bonds. The summed E-state index contributed by atoms with van der Waals surface area (Å²) in [4.78, 5) is 10.5. The second-order valence-corrected chi connectivity index (χ2v) is 5.25. The molecule has 0 aliphatic rings. The predicted octanol–water partition coefficient (Wildman–Crippen LogP) is -3.70. The van der Waals surface area contributed by atoms with Crippen LogP contribution < -0.4 is 24.0 Å². The minimum absolute atomic E-state index is 0. The number of rotatable bonds is 3. The zero-order valence-corrected chi connectivity index (χ0v) is 10.1. The molecule has 1 aromatic carbocycles. The molecule has 0 heterocycles. The molecule has 0 fully saturated rings. The largest absolute Gasteiger partial charge is 1.00 e. The minimum Gasteiger partial charge on any atom is -0.545 e. The number of nitrogens with zero attached hydrogens (tertiary/aromatic N) is 1. The average molecular weight is 235 g/mol. The van der Waals surface area contributed by atoms with E-state index in [1.807, 2.05) is 0 Å². The quantitative estimate of drug-likeness (QED) is 0.505. The maximum absolute atomic E-state index is 11.6. The Morgan fingerprint density at radius 1 is 1.19 bits per heavy atom. The minimum atomic E-state index is -3.50. The number of carboxylic acid groups (broad SMARTS) is 1. The van der Waals surface area contributed by atoms with Crippen molar-refractivity contribution in [3.63, 3.8) is 0 Å². The van der Waals surface area contributed by atoms with Crippen LogP contribution in [0.5, 0.6) is 0 Å². The van der Waals surface area contributed by atoms with Gasteiger partial charge in [-0.1, -0.05) is 12.1 Å². The summed E-state index contributed by atoms with van der Waals surface area (Å²) in [6, 6.07) is 4.87. The van der Waals surface area contributed by atoms with E-state index < -0.39 is 16.0 Å². The van der Waals surface area contributed by atoms with Crippen LogP contribution in [0.1, 0.15) is 10.4 Å². The molecule has 0 bridgehead atoms. The van der Waals surface area contributed by atoms with E-state index in [0.29, 0.717) is 0 Å². The third-order valence-corrected chi connectivity index (χ3v) is 3.70. The summed E-state index contributed by atoms with van der Waals surface area (Å²) in [6.45, 7) is 0. The van der Waals surface area contributed by atoms with Gasteiger partial charge in [0.25, 0.3) is 0 Å². The number of benzene rings is 1. The van der Waals surface area contributed by atoms with Crippen molar-refractivity contribution >= 4 is 16.0 Å². The molecule has 1 rings (SSSR count). The Bertz CT molecular complexity index is 467. The summed E-state index contributed by atoms with van der Waals surface area (Å²) >= 11 is 0. The van der Waals surface area contributed by atoms with Crippen LogP contribution in [0.3, 0.4) is 0 Å². The number of hydrogen-bond donors (Lipinski definition) is 0. The van der Waals surface area contributed by atoms with Crippen LogP contribution >= 0.6 is 0 Å². The van der Waals surface area contributed by atoms with Crippen molar-refractivity contribution in [1.29, 1.82) is 0 Å². The van der Waals surface area contributed by atoms with E-state index in [0.717, 1.165) is 4.31 Å². The molecule has 82 valence electrons. The second kappa shape index (κ2) is 5.50. The van der Waals surface area contributed by atoms with Crippen molar-refractivity contribution in [3.05, 3.63) is 29.8 Å². The van der Waals surface area contributed by atoms with Gasteiger partial charge in [0, 0.05) is 14.1 Å². The van der Waals surface area contributed by atoms with Gasteiger partial charge < -0.3 is 9.90 Å². The van der Waals surface area contributed by atoms with E-state index in [-0.39, 0.29) is 29.3 Å². The van der Waals surface area contributed by atoms with Crippen LogP contribution in [0.2, 0.25) is 0 Å². The van der Waals surface area contributed by atoms with Crippen LogP contribution in [0.25, 0.3) is 0 Å².